The van der Waals surface area contributed by atoms with Gasteiger partial charge in [-0.2, -0.15) is 0 Å². The molecule has 1 saturated carbocycles. The van der Waals surface area contributed by atoms with Crippen molar-refractivity contribution >= 4 is 17.2 Å². The van der Waals surface area contributed by atoms with Gasteiger partial charge in [-0.05, 0) is 12.8 Å². The molecular formula is C20H23N5OS. The van der Waals surface area contributed by atoms with E-state index in [2.05, 4.69) is 38.1 Å². The van der Waals surface area contributed by atoms with Crippen LogP contribution in [0.1, 0.15) is 53.6 Å². The smallest absolute Gasteiger partial charge is 0.273 e. The van der Waals surface area contributed by atoms with Gasteiger partial charge in [0.05, 0.1) is 22.9 Å². The Hall–Kier alpha value is -2.54. The van der Waals surface area contributed by atoms with Crippen molar-refractivity contribution in [3.63, 3.8) is 0 Å². The fraction of sp³-hybridized carbons (Fsp3) is 0.400. The first-order valence-electron chi connectivity index (χ1n) is 9.49. The lowest BCUT2D eigenvalue weighted by Crippen LogP contribution is -2.26. The molecular weight excluding hydrogens is 358 g/mol. The number of carbonyl (C=O) groups is 1. The summed E-state index contributed by atoms with van der Waals surface area (Å²) in [6, 6.07) is 10.5. The number of carbonyl (C=O) groups excluding carboxylic acids is 1. The molecule has 1 fully saturated rings. The molecule has 6 nitrogen and oxygen atoms in total. The summed E-state index contributed by atoms with van der Waals surface area (Å²) in [5.74, 6) is -0.170. The summed E-state index contributed by atoms with van der Waals surface area (Å²) in [6.45, 7) is 0.539. The lowest BCUT2D eigenvalue weighted by molar-refractivity contribution is 0.0949. The van der Waals surface area contributed by atoms with Gasteiger partial charge in [-0.3, -0.25) is 4.79 Å². The predicted molar refractivity (Wildman–Crippen MR) is 106 cm³/mol. The minimum absolute atomic E-state index is 0.170. The summed E-state index contributed by atoms with van der Waals surface area (Å²) >= 11 is 1.62. The Kier molecular flexibility index (Phi) is 5.58. The van der Waals surface area contributed by atoms with Crippen LogP contribution in [-0.4, -0.2) is 32.4 Å². The maximum Gasteiger partial charge on any atom is 0.273 e. The van der Waals surface area contributed by atoms with Crippen molar-refractivity contribution in [1.82, 2.24) is 25.3 Å². The first-order valence-corrected chi connectivity index (χ1v) is 10.4. The van der Waals surface area contributed by atoms with Crippen molar-refractivity contribution in [3.8, 4) is 11.3 Å². The van der Waals surface area contributed by atoms with Crippen LogP contribution in [0.15, 0.2) is 41.9 Å². The van der Waals surface area contributed by atoms with Crippen molar-refractivity contribution in [1.29, 1.82) is 0 Å². The van der Waals surface area contributed by atoms with Gasteiger partial charge >= 0.3 is 0 Å². The summed E-state index contributed by atoms with van der Waals surface area (Å²) < 4.78 is 1.86. The molecule has 0 radical (unpaired) electrons. The van der Waals surface area contributed by atoms with Crippen LogP contribution in [-0.2, 0) is 6.42 Å². The molecule has 1 aromatic carbocycles. The standard InChI is InChI=1S/C20H23N5OS/c26-20(17-13-25(24-23-17)16-9-5-2-6-10-16)21-12-11-19-22-18(14-27-19)15-7-3-1-4-8-15/h1,3-4,7-8,13-14,16H,2,5-6,9-12H2,(H,21,26). The van der Waals surface area contributed by atoms with E-state index in [0.29, 0.717) is 24.7 Å². The third-order valence-electron chi connectivity index (χ3n) is 4.94. The highest BCUT2D eigenvalue weighted by Gasteiger charge is 2.18. The molecule has 1 N–H and O–H groups in total. The molecule has 4 rings (SSSR count). The molecule has 2 aromatic heterocycles. The molecule has 1 aliphatic rings. The molecule has 0 atom stereocenters. The molecule has 3 aromatic rings. The van der Waals surface area contributed by atoms with Crippen LogP contribution in [0, 0.1) is 0 Å². The van der Waals surface area contributed by atoms with Crippen LogP contribution >= 0.6 is 11.3 Å². The van der Waals surface area contributed by atoms with Gasteiger partial charge in [0.1, 0.15) is 0 Å². The Labute approximate surface area is 162 Å². The van der Waals surface area contributed by atoms with E-state index in [1.165, 1.54) is 19.3 Å². The van der Waals surface area contributed by atoms with E-state index in [-0.39, 0.29) is 5.91 Å². The van der Waals surface area contributed by atoms with Gasteiger partial charge in [-0.15, -0.1) is 16.4 Å². The molecule has 7 heteroatoms. The molecule has 1 amide bonds. The van der Waals surface area contributed by atoms with Crippen LogP contribution in [0.3, 0.4) is 0 Å². The summed E-state index contributed by atoms with van der Waals surface area (Å²) in [5.41, 5.74) is 2.49. The normalized spacial score (nSPS) is 15.0. The molecule has 1 aliphatic carbocycles. The number of nitrogens with zero attached hydrogens (tertiary/aromatic N) is 4. The third kappa shape index (κ3) is 4.42. The van der Waals surface area contributed by atoms with Crippen LogP contribution in [0.25, 0.3) is 11.3 Å². The van der Waals surface area contributed by atoms with Crippen molar-refractivity contribution in [2.45, 2.75) is 44.6 Å². The fourth-order valence-electron chi connectivity index (χ4n) is 3.45. The minimum atomic E-state index is -0.170. The van der Waals surface area contributed by atoms with Gasteiger partial charge in [-0.1, -0.05) is 54.8 Å². The lowest BCUT2D eigenvalue weighted by Gasteiger charge is -2.20. The third-order valence-corrected chi connectivity index (χ3v) is 5.85. The number of benzene rings is 1. The quantitative estimate of drug-likeness (QED) is 0.703. The highest BCUT2D eigenvalue weighted by molar-refractivity contribution is 7.09. The summed E-state index contributed by atoms with van der Waals surface area (Å²) in [5, 5.41) is 14.2. The lowest BCUT2D eigenvalue weighted by atomic mass is 9.96. The second kappa shape index (κ2) is 8.43. The van der Waals surface area contributed by atoms with Gasteiger partial charge in [0.15, 0.2) is 5.69 Å². The molecule has 0 unspecified atom stereocenters. The predicted octanol–water partition coefficient (Wildman–Crippen LogP) is 3.88. The van der Waals surface area contributed by atoms with Gasteiger partial charge in [-0.25, -0.2) is 9.67 Å². The highest BCUT2D eigenvalue weighted by Crippen LogP contribution is 2.27. The van der Waals surface area contributed by atoms with E-state index >= 15 is 0 Å². The molecule has 0 aliphatic heterocycles. The zero-order valence-electron chi connectivity index (χ0n) is 15.2. The number of nitrogens with one attached hydrogen (secondary N) is 1. The van der Waals surface area contributed by atoms with E-state index < -0.39 is 0 Å². The van der Waals surface area contributed by atoms with Gasteiger partial charge in [0.2, 0.25) is 0 Å². The topological polar surface area (TPSA) is 72.7 Å². The molecule has 0 spiro atoms. The summed E-state index contributed by atoms with van der Waals surface area (Å²) in [4.78, 5) is 17.0. The minimum Gasteiger partial charge on any atom is -0.350 e. The van der Waals surface area contributed by atoms with E-state index in [0.717, 1.165) is 29.1 Å². The molecule has 0 bridgehead atoms. The van der Waals surface area contributed by atoms with Crippen LogP contribution in [0.4, 0.5) is 0 Å². The second-order valence-corrected chi connectivity index (χ2v) is 7.82. The summed E-state index contributed by atoms with van der Waals surface area (Å²) in [6.07, 6.45) is 8.48. The molecule has 0 saturated heterocycles. The molecule has 140 valence electrons. The van der Waals surface area contributed by atoms with Gasteiger partial charge in [0, 0.05) is 23.9 Å². The Morgan fingerprint density at radius 2 is 2.00 bits per heavy atom. The molecule has 2 heterocycles. The van der Waals surface area contributed by atoms with Crippen molar-refractivity contribution in [2.24, 2.45) is 0 Å². The Morgan fingerprint density at radius 1 is 1.19 bits per heavy atom. The van der Waals surface area contributed by atoms with Crippen molar-refractivity contribution < 1.29 is 4.79 Å². The zero-order valence-corrected chi connectivity index (χ0v) is 16.0. The number of rotatable bonds is 6. The van der Waals surface area contributed by atoms with Crippen molar-refractivity contribution in [2.75, 3.05) is 6.54 Å². The Bertz CT molecular complexity index is 883. The van der Waals surface area contributed by atoms with E-state index in [9.17, 15) is 4.79 Å². The Balaban J connectivity index is 1.29. The van der Waals surface area contributed by atoms with Crippen LogP contribution in [0.2, 0.25) is 0 Å². The van der Waals surface area contributed by atoms with Crippen LogP contribution in [0.5, 0.6) is 0 Å². The van der Waals surface area contributed by atoms with Crippen molar-refractivity contribution in [3.05, 3.63) is 52.6 Å². The number of hydrogen-bond acceptors (Lipinski definition) is 5. The zero-order chi connectivity index (χ0) is 18.5. The average Bonchev–Trinajstić information content (AvgIpc) is 3.39. The maximum absolute atomic E-state index is 12.3. The number of hydrogen-bond donors (Lipinski definition) is 1. The first-order chi connectivity index (χ1) is 13.3. The fourth-order valence-corrected chi connectivity index (χ4v) is 4.25. The Morgan fingerprint density at radius 3 is 2.81 bits per heavy atom. The largest absolute Gasteiger partial charge is 0.350 e. The average molecular weight is 382 g/mol. The van der Waals surface area contributed by atoms with Gasteiger partial charge in [0.25, 0.3) is 5.91 Å². The number of aromatic nitrogens is 4. The first kappa shape index (κ1) is 17.9. The SMILES string of the molecule is O=C(NCCc1nc(-c2ccccc2)cs1)c1cn(C2CCCCC2)nn1. The molecule has 27 heavy (non-hydrogen) atoms. The van der Waals surface area contributed by atoms with Gasteiger partial charge < -0.3 is 5.32 Å². The highest BCUT2D eigenvalue weighted by atomic mass is 32.1. The number of thiazole rings is 1. The van der Waals surface area contributed by atoms with Crippen LogP contribution < -0.4 is 5.32 Å². The van der Waals surface area contributed by atoms with E-state index in [1.807, 2.05) is 22.9 Å². The summed E-state index contributed by atoms with van der Waals surface area (Å²) in [7, 11) is 0. The maximum atomic E-state index is 12.3. The second-order valence-electron chi connectivity index (χ2n) is 6.87. The van der Waals surface area contributed by atoms with E-state index in [4.69, 9.17) is 0 Å². The monoisotopic (exact) mass is 381 g/mol. The van der Waals surface area contributed by atoms with E-state index in [1.54, 1.807) is 17.5 Å². The number of amides is 1.